The monoisotopic (exact) mass is 355 g/mol. The number of esters is 1. The van der Waals surface area contributed by atoms with E-state index >= 15 is 0 Å². The predicted octanol–water partition coefficient (Wildman–Crippen LogP) is 1.75. The van der Waals surface area contributed by atoms with Crippen molar-refractivity contribution in [1.29, 1.82) is 0 Å². The molecule has 1 heterocycles. The molecular formula is C15H17NO7S. The quantitative estimate of drug-likeness (QED) is 0.509. The van der Waals surface area contributed by atoms with E-state index in [4.69, 9.17) is 14.4 Å². The Morgan fingerprint density at radius 1 is 1.29 bits per heavy atom. The molecule has 0 aliphatic rings. The van der Waals surface area contributed by atoms with Gasteiger partial charge in [-0.25, -0.2) is 4.79 Å². The highest BCUT2D eigenvalue weighted by molar-refractivity contribution is 7.85. The Labute approximate surface area is 138 Å². The number of aryl methyl sites for hydroxylation is 1. The summed E-state index contributed by atoms with van der Waals surface area (Å²) in [6.07, 6.45) is -0.0345. The van der Waals surface area contributed by atoms with Gasteiger partial charge in [-0.3, -0.25) is 9.35 Å². The smallest absolute Gasteiger partial charge is 0.355 e. The number of aromatic amines is 1. The van der Waals surface area contributed by atoms with Crippen molar-refractivity contribution >= 4 is 33.0 Å². The first kappa shape index (κ1) is 18.0. The van der Waals surface area contributed by atoms with Gasteiger partial charge < -0.3 is 14.8 Å². The van der Waals surface area contributed by atoms with E-state index in [1.807, 2.05) is 0 Å². The second kappa shape index (κ2) is 7.02. The number of H-pyrrole nitrogens is 1. The molecule has 0 bridgehead atoms. The number of fused-ring (bicyclic) bond motifs is 1. The number of ether oxygens (including phenoxy) is 1. The molecule has 2 rings (SSSR count). The second-order valence-electron chi connectivity index (χ2n) is 5.20. The van der Waals surface area contributed by atoms with Crippen molar-refractivity contribution in [2.24, 2.45) is 0 Å². The number of carbonyl (C=O) groups excluding carboxylic acids is 1. The molecule has 8 nitrogen and oxygen atoms in total. The number of carboxylic acids is 1. The molecule has 0 saturated carbocycles. The first-order valence-electron chi connectivity index (χ1n) is 7.19. The minimum atomic E-state index is -4.18. The first-order chi connectivity index (χ1) is 11.2. The Hall–Kier alpha value is -2.39. The Bertz CT molecular complexity index is 883. The Kier molecular flexibility index (Phi) is 5.25. The van der Waals surface area contributed by atoms with E-state index in [1.54, 1.807) is 13.0 Å². The second-order valence-corrected chi connectivity index (χ2v) is 6.65. The van der Waals surface area contributed by atoms with Crippen LogP contribution in [0.2, 0.25) is 0 Å². The molecule has 0 atom stereocenters. The molecular weight excluding hydrogens is 338 g/mol. The molecule has 0 amide bonds. The molecule has 130 valence electrons. The van der Waals surface area contributed by atoms with Gasteiger partial charge in [-0.15, -0.1) is 0 Å². The van der Waals surface area contributed by atoms with Crippen LogP contribution in [0.3, 0.4) is 0 Å². The van der Waals surface area contributed by atoms with Crippen LogP contribution in [0.5, 0.6) is 0 Å². The SMILES string of the molecule is CCOC(=O)c1[nH]c2cc(CS(=O)(=O)O)ccc2c1CCC(=O)O. The highest BCUT2D eigenvalue weighted by Gasteiger charge is 2.20. The summed E-state index contributed by atoms with van der Waals surface area (Å²) in [5.74, 6) is -2.16. The molecule has 0 aliphatic carbocycles. The molecule has 0 radical (unpaired) electrons. The number of hydrogen-bond donors (Lipinski definition) is 3. The number of hydrogen-bond acceptors (Lipinski definition) is 5. The lowest BCUT2D eigenvalue weighted by Crippen LogP contribution is -2.09. The normalized spacial score (nSPS) is 11.6. The number of benzene rings is 1. The number of aliphatic carboxylic acids is 1. The van der Waals surface area contributed by atoms with E-state index in [0.717, 1.165) is 0 Å². The molecule has 1 aromatic carbocycles. The van der Waals surface area contributed by atoms with Crippen molar-refractivity contribution in [3.63, 3.8) is 0 Å². The van der Waals surface area contributed by atoms with Crippen molar-refractivity contribution in [3.8, 4) is 0 Å². The van der Waals surface area contributed by atoms with Gasteiger partial charge in [-0.2, -0.15) is 8.42 Å². The van der Waals surface area contributed by atoms with E-state index in [1.165, 1.54) is 12.1 Å². The number of aromatic nitrogens is 1. The maximum atomic E-state index is 12.1. The van der Waals surface area contributed by atoms with Crippen LogP contribution in [0.15, 0.2) is 18.2 Å². The standard InChI is InChI=1S/C15H17NO7S/c1-2-23-15(19)14-11(5-6-13(17)18)10-4-3-9(7-12(10)16-14)8-24(20,21)22/h3-4,7,16H,2,5-6,8H2,1H3,(H,17,18)(H,20,21,22). The number of carbonyl (C=O) groups is 2. The van der Waals surface area contributed by atoms with Crippen LogP contribution >= 0.6 is 0 Å². The largest absolute Gasteiger partial charge is 0.481 e. The topological polar surface area (TPSA) is 134 Å². The van der Waals surface area contributed by atoms with E-state index in [-0.39, 0.29) is 25.1 Å². The summed E-state index contributed by atoms with van der Waals surface area (Å²) in [5.41, 5.74) is 1.47. The average Bonchev–Trinajstić information content (AvgIpc) is 2.81. The van der Waals surface area contributed by atoms with E-state index in [2.05, 4.69) is 4.98 Å². The predicted molar refractivity (Wildman–Crippen MR) is 85.5 cm³/mol. The van der Waals surface area contributed by atoms with Crippen LogP contribution in [-0.4, -0.2) is 41.6 Å². The van der Waals surface area contributed by atoms with Crippen LogP contribution < -0.4 is 0 Å². The first-order valence-corrected chi connectivity index (χ1v) is 8.79. The van der Waals surface area contributed by atoms with Crippen molar-refractivity contribution in [2.75, 3.05) is 6.61 Å². The number of carboxylic acid groups (broad SMARTS) is 1. The van der Waals surface area contributed by atoms with E-state index in [0.29, 0.717) is 22.0 Å². The molecule has 0 aliphatic heterocycles. The zero-order chi connectivity index (χ0) is 17.9. The number of rotatable bonds is 7. The van der Waals surface area contributed by atoms with E-state index < -0.39 is 27.8 Å². The average molecular weight is 355 g/mol. The van der Waals surface area contributed by atoms with Crippen LogP contribution in [0.1, 0.15) is 35.0 Å². The van der Waals surface area contributed by atoms with Crippen molar-refractivity contribution in [1.82, 2.24) is 4.98 Å². The summed E-state index contributed by atoms with van der Waals surface area (Å²) >= 11 is 0. The van der Waals surface area contributed by atoms with Crippen LogP contribution in [0.25, 0.3) is 10.9 Å². The van der Waals surface area contributed by atoms with Gasteiger partial charge in [0.1, 0.15) is 11.4 Å². The highest BCUT2D eigenvalue weighted by atomic mass is 32.2. The van der Waals surface area contributed by atoms with Gasteiger partial charge in [0.25, 0.3) is 10.1 Å². The third-order valence-corrected chi connectivity index (χ3v) is 4.09. The van der Waals surface area contributed by atoms with Crippen LogP contribution in [-0.2, 0) is 31.8 Å². The molecule has 1 aromatic heterocycles. The molecule has 2 aromatic rings. The summed E-state index contributed by atoms with van der Waals surface area (Å²) in [5, 5.41) is 9.48. The maximum absolute atomic E-state index is 12.1. The van der Waals surface area contributed by atoms with Crippen molar-refractivity contribution < 1.29 is 32.4 Å². The van der Waals surface area contributed by atoms with Gasteiger partial charge in [0.2, 0.25) is 0 Å². The third kappa shape index (κ3) is 4.33. The Morgan fingerprint density at radius 2 is 2.00 bits per heavy atom. The minimum absolute atomic E-state index is 0.126. The molecule has 0 saturated heterocycles. The lowest BCUT2D eigenvalue weighted by Gasteiger charge is -2.03. The lowest BCUT2D eigenvalue weighted by molar-refractivity contribution is -0.136. The van der Waals surface area contributed by atoms with Gasteiger partial charge in [-0.1, -0.05) is 12.1 Å². The fraction of sp³-hybridized carbons (Fsp3) is 0.333. The van der Waals surface area contributed by atoms with E-state index in [9.17, 15) is 18.0 Å². The van der Waals surface area contributed by atoms with Gasteiger partial charge in [-0.05, 0) is 30.5 Å². The number of nitrogens with one attached hydrogen (secondary N) is 1. The molecule has 3 N–H and O–H groups in total. The summed E-state index contributed by atoms with van der Waals surface area (Å²) in [6, 6.07) is 4.59. The van der Waals surface area contributed by atoms with Gasteiger partial charge in [0.15, 0.2) is 0 Å². The fourth-order valence-corrected chi connectivity index (χ4v) is 3.07. The van der Waals surface area contributed by atoms with Crippen molar-refractivity contribution in [3.05, 3.63) is 35.0 Å². The summed E-state index contributed by atoms with van der Waals surface area (Å²) < 4.78 is 35.9. The molecule has 9 heteroatoms. The minimum Gasteiger partial charge on any atom is -0.481 e. The lowest BCUT2D eigenvalue weighted by atomic mass is 10.0. The van der Waals surface area contributed by atoms with Gasteiger partial charge in [0, 0.05) is 17.3 Å². The molecule has 0 fully saturated rings. The van der Waals surface area contributed by atoms with Gasteiger partial charge in [0.05, 0.1) is 6.61 Å². The Morgan fingerprint density at radius 3 is 2.58 bits per heavy atom. The zero-order valence-corrected chi connectivity index (χ0v) is 13.7. The highest BCUT2D eigenvalue weighted by Crippen LogP contribution is 2.26. The summed E-state index contributed by atoms with van der Waals surface area (Å²) in [7, 11) is -4.18. The fourth-order valence-electron chi connectivity index (χ4n) is 2.47. The van der Waals surface area contributed by atoms with Crippen molar-refractivity contribution in [2.45, 2.75) is 25.5 Å². The van der Waals surface area contributed by atoms with Gasteiger partial charge >= 0.3 is 11.9 Å². The van der Waals surface area contributed by atoms with Crippen LogP contribution in [0, 0.1) is 0 Å². The zero-order valence-electron chi connectivity index (χ0n) is 12.9. The molecule has 0 unspecified atom stereocenters. The molecule has 0 spiro atoms. The summed E-state index contributed by atoms with van der Waals surface area (Å²) in [6.45, 7) is 1.82. The Balaban J connectivity index is 2.50. The summed E-state index contributed by atoms with van der Waals surface area (Å²) in [4.78, 5) is 25.7. The third-order valence-electron chi connectivity index (χ3n) is 3.39. The van der Waals surface area contributed by atoms with Crippen LogP contribution in [0.4, 0.5) is 0 Å². The molecule has 24 heavy (non-hydrogen) atoms. The maximum Gasteiger partial charge on any atom is 0.355 e.